The summed E-state index contributed by atoms with van der Waals surface area (Å²) in [6.07, 6.45) is -0.0718. The summed E-state index contributed by atoms with van der Waals surface area (Å²) in [5.74, 6) is 1.06. The zero-order valence-electron chi connectivity index (χ0n) is 14.1. The third-order valence-corrected chi connectivity index (χ3v) is 4.05. The number of carbonyl (C=O) groups excluding carboxylic acids is 1. The summed E-state index contributed by atoms with van der Waals surface area (Å²) in [5.41, 5.74) is 0.918. The van der Waals surface area contributed by atoms with Gasteiger partial charge in [-0.25, -0.2) is 0 Å². The molecule has 0 fully saturated rings. The first kappa shape index (κ1) is 18.1. The van der Waals surface area contributed by atoms with Gasteiger partial charge in [0.15, 0.2) is 6.10 Å². The highest BCUT2D eigenvalue weighted by molar-refractivity contribution is 6.32. The summed E-state index contributed by atoms with van der Waals surface area (Å²) in [5, 5.41) is 3.46. The molecule has 1 N–H and O–H groups in total. The average Bonchev–Trinajstić information content (AvgIpc) is 2.60. The minimum atomic E-state index is -0.609. The second kappa shape index (κ2) is 8.60. The van der Waals surface area contributed by atoms with E-state index in [1.54, 1.807) is 19.2 Å². The molecule has 0 aliphatic carbocycles. The van der Waals surface area contributed by atoms with Crippen LogP contribution in [0.25, 0.3) is 0 Å². The molecule has 0 aliphatic heterocycles. The van der Waals surface area contributed by atoms with Crippen molar-refractivity contribution in [2.45, 2.75) is 32.4 Å². The molecule has 2 aromatic carbocycles. The van der Waals surface area contributed by atoms with Crippen LogP contribution in [-0.4, -0.2) is 19.1 Å². The highest BCUT2D eigenvalue weighted by atomic mass is 35.5. The van der Waals surface area contributed by atoms with Gasteiger partial charge in [0.25, 0.3) is 5.91 Å². The number of amides is 1. The van der Waals surface area contributed by atoms with Crippen LogP contribution < -0.4 is 14.8 Å². The predicted octanol–water partition coefficient (Wildman–Crippen LogP) is 4.38. The first-order chi connectivity index (χ1) is 11.6. The smallest absolute Gasteiger partial charge is 0.261 e. The Morgan fingerprint density at radius 2 is 1.75 bits per heavy atom. The monoisotopic (exact) mass is 347 g/mol. The van der Waals surface area contributed by atoms with Gasteiger partial charge in [-0.2, -0.15) is 0 Å². The molecule has 0 saturated carbocycles. The van der Waals surface area contributed by atoms with E-state index in [0.717, 1.165) is 11.3 Å². The van der Waals surface area contributed by atoms with Gasteiger partial charge in [0, 0.05) is 5.56 Å². The van der Waals surface area contributed by atoms with Crippen LogP contribution in [0.15, 0.2) is 48.5 Å². The van der Waals surface area contributed by atoms with Crippen LogP contribution in [0.3, 0.4) is 0 Å². The molecule has 0 bridgehead atoms. The Morgan fingerprint density at radius 1 is 1.12 bits per heavy atom. The summed E-state index contributed by atoms with van der Waals surface area (Å²) >= 11 is 6.10. The number of methoxy groups -OCH3 is 1. The van der Waals surface area contributed by atoms with Crippen molar-refractivity contribution in [1.82, 2.24) is 5.32 Å². The number of ether oxygens (including phenoxy) is 2. The van der Waals surface area contributed by atoms with Crippen molar-refractivity contribution in [3.05, 3.63) is 59.1 Å². The largest absolute Gasteiger partial charge is 0.496 e. The van der Waals surface area contributed by atoms with Gasteiger partial charge in [0.1, 0.15) is 11.5 Å². The fraction of sp³-hybridized carbons (Fsp3) is 0.316. The van der Waals surface area contributed by atoms with Crippen LogP contribution in [0.1, 0.15) is 31.9 Å². The Morgan fingerprint density at radius 3 is 2.38 bits per heavy atom. The molecule has 128 valence electrons. The van der Waals surface area contributed by atoms with E-state index in [9.17, 15) is 4.79 Å². The van der Waals surface area contributed by atoms with Crippen LogP contribution in [0.5, 0.6) is 11.5 Å². The average molecular weight is 348 g/mol. The summed E-state index contributed by atoms with van der Waals surface area (Å²) in [4.78, 5) is 12.6. The zero-order chi connectivity index (χ0) is 17.5. The van der Waals surface area contributed by atoms with Gasteiger partial charge in [0.05, 0.1) is 18.2 Å². The molecule has 2 atom stereocenters. The summed E-state index contributed by atoms with van der Waals surface area (Å²) in [6, 6.07) is 14.5. The van der Waals surface area contributed by atoms with Crippen LogP contribution in [0, 0.1) is 0 Å². The van der Waals surface area contributed by atoms with Gasteiger partial charge in [-0.3, -0.25) is 4.79 Å². The number of hydrogen-bond acceptors (Lipinski definition) is 3. The summed E-state index contributed by atoms with van der Waals surface area (Å²) < 4.78 is 11.1. The van der Waals surface area contributed by atoms with E-state index in [2.05, 4.69) is 5.32 Å². The van der Waals surface area contributed by atoms with Crippen LogP contribution in [0.2, 0.25) is 5.02 Å². The number of benzene rings is 2. The van der Waals surface area contributed by atoms with Gasteiger partial charge in [0.2, 0.25) is 0 Å². The summed E-state index contributed by atoms with van der Waals surface area (Å²) in [7, 11) is 1.61. The summed E-state index contributed by atoms with van der Waals surface area (Å²) in [6.45, 7) is 3.81. The molecular formula is C19H22ClNO3. The number of hydrogen-bond donors (Lipinski definition) is 1. The Hall–Kier alpha value is -2.20. The van der Waals surface area contributed by atoms with E-state index in [1.807, 2.05) is 50.2 Å². The van der Waals surface area contributed by atoms with E-state index in [0.29, 0.717) is 17.2 Å². The third kappa shape index (κ3) is 4.42. The molecule has 2 rings (SSSR count). The van der Waals surface area contributed by atoms with Crippen molar-refractivity contribution in [2.24, 2.45) is 0 Å². The number of rotatable bonds is 7. The maximum atomic E-state index is 12.6. The van der Waals surface area contributed by atoms with E-state index in [4.69, 9.17) is 21.1 Å². The quantitative estimate of drug-likeness (QED) is 0.808. The molecule has 0 spiro atoms. The molecule has 0 aliphatic rings. The van der Waals surface area contributed by atoms with Gasteiger partial charge < -0.3 is 14.8 Å². The number of para-hydroxylation sites is 2. The Balaban J connectivity index is 2.07. The third-order valence-electron chi connectivity index (χ3n) is 3.73. The molecule has 24 heavy (non-hydrogen) atoms. The minimum absolute atomic E-state index is 0.184. The number of nitrogens with one attached hydrogen (secondary N) is 1. The first-order valence-corrected chi connectivity index (χ1v) is 8.29. The van der Waals surface area contributed by atoms with Crippen molar-refractivity contribution in [2.75, 3.05) is 7.11 Å². The molecular weight excluding hydrogens is 326 g/mol. The van der Waals surface area contributed by atoms with Crippen LogP contribution in [-0.2, 0) is 4.79 Å². The molecule has 5 heteroatoms. The fourth-order valence-electron chi connectivity index (χ4n) is 2.42. The Kier molecular flexibility index (Phi) is 6.50. The van der Waals surface area contributed by atoms with Crippen LogP contribution in [0.4, 0.5) is 0 Å². The van der Waals surface area contributed by atoms with Crippen molar-refractivity contribution in [3.8, 4) is 11.5 Å². The second-order valence-corrected chi connectivity index (χ2v) is 5.82. The number of carbonyl (C=O) groups is 1. The SMILES string of the molecule is CC[C@@H](Oc1ccccc1Cl)C(=O)N[C@H](C)c1ccccc1OC. The van der Waals surface area contributed by atoms with Gasteiger partial charge >= 0.3 is 0 Å². The van der Waals surface area contributed by atoms with E-state index in [1.165, 1.54) is 0 Å². The number of halogens is 1. The van der Waals surface area contributed by atoms with Crippen molar-refractivity contribution in [3.63, 3.8) is 0 Å². The molecule has 4 nitrogen and oxygen atoms in total. The maximum absolute atomic E-state index is 12.6. The van der Waals surface area contributed by atoms with Crippen molar-refractivity contribution >= 4 is 17.5 Å². The molecule has 1 amide bonds. The lowest BCUT2D eigenvalue weighted by molar-refractivity contribution is -0.128. The lowest BCUT2D eigenvalue weighted by Crippen LogP contribution is -2.39. The molecule has 0 saturated heterocycles. The maximum Gasteiger partial charge on any atom is 0.261 e. The van der Waals surface area contributed by atoms with Gasteiger partial charge in [-0.05, 0) is 31.5 Å². The first-order valence-electron chi connectivity index (χ1n) is 7.91. The normalized spacial score (nSPS) is 13.0. The molecule has 0 heterocycles. The highest BCUT2D eigenvalue weighted by Crippen LogP contribution is 2.26. The van der Waals surface area contributed by atoms with E-state index >= 15 is 0 Å². The lowest BCUT2D eigenvalue weighted by Gasteiger charge is -2.22. The zero-order valence-corrected chi connectivity index (χ0v) is 14.8. The molecule has 0 radical (unpaired) electrons. The van der Waals surface area contributed by atoms with Crippen molar-refractivity contribution < 1.29 is 14.3 Å². The Bertz CT molecular complexity index is 690. The fourth-order valence-corrected chi connectivity index (χ4v) is 2.60. The highest BCUT2D eigenvalue weighted by Gasteiger charge is 2.22. The van der Waals surface area contributed by atoms with E-state index in [-0.39, 0.29) is 11.9 Å². The van der Waals surface area contributed by atoms with Crippen LogP contribution >= 0.6 is 11.6 Å². The van der Waals surface area contributed by atoms with E-state index < -0.39 is 6.10 Å². The standard InChI is InChI=1S/C19H22ClNO3/c1-4-16(24-18-12-8-6-10-15(18)20)19(22)21-13(2)14-9-5-7-11-17(14)23-3/h5-13,16H,4H2,1-3H3,(H,21,22)/t13-,16-/m1/s1. The molecule has 0 unspecified atom stereocenters. The topological polar surface area (TPSA) is 47.6 Å². The minimum Gasteiger partial charge on any atom is -0.496 e. The lowest BCUT2D eigenvalue weighted by atomic mass is 10.1. The van der Waals surface area contributed by atoms with Crippen molar-refractivity contribution in [1.29, 1.82) is 0 Å². The van der Waals surface area contributed by atoms with Gasteiger partial charge in [-0.1, -0.05) is 48.9 Å². The molecule has 0 aromatic heterocycles. The predicted molar refractivity (Wildman–Crippen MR) is 95.7 cm³/mol. The Labute approximate surface area is 147 Å². The van der Waals surface area contributed by atoms with Gasteiger partial charge in [-0.15, -0.1) is 0 Å². The molecule has 2 aromatic rings. The second-order valence-electron chi connectivity index (χ2n) is 5.42.